The molecular formula is C26H38N4O5S. The molecule has 36 heavy (non-hydrogen) atoms. The molecule has 1 saturated carbocycles. The lowest BCUT2D eigenvalue weighted by Crippen LogP contribution is -2.53. The molecule has 0 spiro atoms. The number of hydrogen-bond acceptors (Lipinski definition) is 9. The molecule has 2 aromatic rings. The Morgan fingerprint density at radius 1 is 1.19 bits per heavy atom. The van der Waals surface area contributed by atoms with Gasteiger partial charge in [-0.2, -0.15) is 0 Å². The summed E-state index contributed by atoms with van der Waals surface area (Å²) >= 11 is 1.65. The number of aryl methyl sites for hydroxylation is 1. The van der Waals surface area contributed by atoms with Crippen molar-refractivity contribution >= 4 is 33.4 Å². The number of ether oxygens (including phenoxy) is 2. The number of nitrogens with one attached hydrogen (secondary N) is 1. The summed E-state index contributed by atoms with van der Waals surface area (Å²) in [7, 11) is 1.41. The van der Waals surface area contributed by atoms with Crippen molar-refractivity contribution in [2.75, 3.05) is 53.0 Å². The molecule has 3 unspecified atom stereocenters. The van der Waals surface area contributed by atoms with E-state index in [1.165, 1.54) is 7.11 Å². The minimum Gasteiger partial charge on any atom is -0.491 e. The molecule has 1 aromatic heterocycles. The fourth-order valence-corrected chi connectivity index (χ4v) is 5.99. The summed E-state index contributed by atoms with van der Waals surface area (Å²) in [6.45, 7) is 6.25. The van der Waals surface area contributed by atoms with Gasteiger partial charge in [0.25, 0.3) is 0 Å². The van der Waals surface area contributed by atoms with E-state index >= 15 is 0 Å². The van der Waals surface area contributed by atoms with Crippen molar-refractivity contribution in [2.24, 2.45) is 5.92 Å². The highest BCUT2D eigenvalue weighted by Crippen LogP contribution is 2.28. The average molecular weight is 519 g/mol. The normalized spacial score (nSPS) is 22.3. The van der Waals surface area contributed by atoms with Gasteiger partial charge in [0.2, 0.25) is 5.91 Å². The van der Waals surface area contributed by atoms with E-state index in [9.17, 15) is 14.7 Å². The topological polar surface area (TPSA) is 104 Å². The molecule has 1 aromatic carbocycles. The first-order valence-electron chi connectivity index (χ1n) is 12.9. The SMILES string of the molecule is COC(=O)CC1CCCCC1NC(=O)CN1CCN(CC(O)COc2ccc3sc(C)nc3c2)CC1. The first kappa shape index (κ1) is 26.8. The lowest BCUT2D eigenvalue weighted by Gasteiger charge is -2.36. The first-order chi connectivity index (χ1) is 17.4. The van der Waals surface area contributed by atoms with Crippen LogP contribution in [0.3, 0.4) is 0 Å². The molecule has 1 aliphatic carbocycles. The van der Waals surface area contributed by atoms with Crippen LogP contribution in [0.15, 0.2) is 18.2 Å². The maximum Gasteiger partial charge on any atom is 0.305 e. The van der Waals surface area contributed by atoms with E-state index in [1.807, 2.05) is 25.1 Å². The van der Waals surface area contributed by atoms with Crippen LogP contribution in [0.2, 0.25) is 0 Å². The van der Waals surface area contributed by atoms with Crippen molar-refractivity contribution in [1.82, 2.24) is 20.1 Å². The Labute approximate surface area is 216 Å². The summed E-state index contributed by atoms with van der Waals surface area (Å²) in [5.41, 5.74) is 0.923. The third-order valence-corrected chi connectivity index (χ3v) is 8.07. The second-order valence-electron chi connectivity index (χ2n) is 9.90. The minimum absolute atomic E-state index is 0.0194. The molecule has 0 radical (unpaired) electrons. The van der Waals surface area contributed by atoms with Crippen LogP contribution >= 0.6 is 11.3 Å². The molecule has 9 nitrogen and oxygen atoms in total. The van der Waals surface area contributed by atoms with E-state index in [1.54, 1.807) is 11.3 Å². The second kappa shape index (κ2) is 12.8. The number of hydrogen-bond donors (Lipinski definition) is 2. The zero-order valence-corrected chi connectivity index (χ0v) is 22.1. The highest BCUT2D eigenvalue weighted by atomic mass is 32.1. The Morgan fingerprint density at radius 3 is 2.72 bits per heavy atom. The lowest BCUT2D eigenvalue weighted by molar-refractivity contribution is -0.142. The van der Waals surface area contributed by atoms with Crippen LogP contribution in [0, 0.1) is 12.8 Å². The third kappa shape index (κ3) is 7.61. The van der Waals surface area contributed by atoms with Gasteiger partial charge in [0, 0.05) is 44.8 Å². The number of piperazine rings is 1. The Kier molecular flexibility index (Phi) is 9.53. The molecule has 2 aliphatic rings. The molecule has 1 amide bonds. The minimum atomic E-state index is -0.592. The largest absolute Gasteiger partial charge is 0.491 e. The van der Waals surface area contributed by atoms with E-state index in [0.29, 0.717) is 19.5 Å². The highest BCUT2D eigenvalue weighted by molar-refractivity contribution is 7.18. The van der Waals surface area contributed by atoms with Crippen molar-refractivity contribution in [3.05, 3.63) is 23.2 Å². The Bertz CT molecular complexity index is 1020. The molecule has 4 rings (SSSR count). The standard InChI is InChI=1S/C26H38N4O5S/c1-18-27-23-14-21(7-8-24(23)36-18)35-17-20(31)15-29-9-11-30(12-10-29)16-25(32)28-22-6-4-3-5-19(22)13-26(33)34-2/h7-8,14,19-20,22,31H,3-6,9-13,15-17H2,1-2H3,(H,28,32). The zero-order valence-electron chi connectivity index (χ0n) is 21.3. The maximum absolute atomic E-state index is 12.7. The van der Waals surface area contributed by atoms with Gasteiger partial charge in [-0.15, -0.1) is 11.3 Å². The Balaban J connectivity index is 1.15. The monoisotopic (exact) mass is 518 g/mol. The number of aromatic nitrogens is 1. The van der Waals surface area contributed by atoms with Gasteiger partial charge in [-0.1, -0.05) is 12.8 Å². The van der Waals surface area contributed by atoms with Crippen molar-refractivity contribution < 1.29 is 24.2 Å². The van der Waals surface area contributed by atoms with E-state index in [2.05, 4.69) is 20.1 Å². The van der Waals surface area contributed by atoms with E-state index in [0.717, 1.165) is 72.8 Å². The lowest BCUT2D eigenvalue weighted by atomic mass is 9.82. The van der Waals surface area contributed by atoms with E-state index < -0.39 is 6.10 Å². The molecule has 0 bridgehead atoms. The van der Waals surface area contributed by atoms with Gasteiger partial charge in [0.15, 0.2) is 0 Å². The molecular weight excluding hydrogens is 480 g/mol. The first-order valence-corrected chi connectivity index (χ1v) is 13.7. The molecule has 2 heterocycles. The fourth-order valence-electron chi connectivity index (χ4n) is 5.18. The van der Waals surface area contributed by atoms with Crippen molar-refractivity contribution in [3.63, 3.8) is 0 Å². The van der Waals surface area contributed by atoms with Crippen molar-refractivity contribution in [1.29, 1.82) is 0 Å². The molecule has 198 valence electrons. The van der Waals surface area contributed by atoms with Crippen LogP contribution in [0.1, 0.15) is 37.1 Å². The number of aliphatic hydroxyl groups excluding tert-OH is 1. The molecule has 2 fully saturated rings. The maximum atomic E-state index is 12.7. The number of esters is 1. The quantitative estimate of drug-likeness (QED) is 0.462. The summed E-state index contributed by atoms with van der Waals surface area (Å²) in [6, 6.07) is 5.88. The number of carbonyl (C=O) groups excluding carboxylic acids is 2. The van der Waals surface area contributed by atoms with Crippen LogP contribution in [-0.4, -0.2) is 96.9 Å². The van der Waals surface area contributed by atoms with Crippen LogP contribution in [0.5, 0.6) is 5.75 Å². The Hall–Kier alpha value is -2.27. The number of nitrogens with zero attached hydrogens (tertiary/aromatic N) is 3. The summed E-state index contributed by atoms with van der Waals surface area (Å²) < 4.78 is 11.8. The van der Waals surface area contributed by atoms with Crippen LogP contribution < -0.4 is 10.1 Å². The summed E-state index contributed by atoms with van der Waals surface area (Å²) in [5.74, 6) is 0.684. The fraction of sp³-hybridized carbons (Fsp3) is 0.654. The number of aliphatic hydroxyl groups is 1. The van der Waals surface area contributed by atoms with Gasteiger partial charge in [-0.25, -0.2) is 4.98 Å². The van der Waals surface area contributed by atoms with E-state index in [-0.39, 0.29) is 30.4 Å². The van der Waals surface area contributed by atoms with Crippen LogP contribution in [0.25, 0.3) is 10.2 Å². The van der Waals surface area contributed by atoms with Gasteiger partial charge in [-0.05, 0) is 37.8 Å². The predicted molar refractivity (Wildman–Crippen MR) is 139 cm³/mol. The van der Waals surface area contributed by atoms with Gasteiger partial charge in [0.1, 0.15) is 18.5 Å². The van der Waals surface area contributed by atoms with Gasteiger partial charge >= 0.3 is 5.97 Å². The summed E-state index contributed by atoms with van der Waals surface area (Å²) in [4.78, 5) is 33.3. The number of amides is 1. The number of β-amino-alcohol motifs (C(OH)–C–C–N with tert-alkyl or cyclic N) is 1. The molecule has 3 atom stereocenters. The number of benzene rings is 1. The molecule has 1 aliphatic heterocycles. The third-order valence-electron chi connectivity index (χ3n) is 7.12. The van der Waals surface area contributed by atoms with Crippen LogP contribution in [0.4, 0.5) is 0 Å². The molecule has 2 N–H and O–H groups in total. The van der Waals surface area contributed by atoms with Gasteiger partial charge in [-0.3, -0.25) is 19.4 Å². The number of carbonyl (C=O) groups is 2. The number of methoxy groups -OCH3 is 1. The van der Waals surface area contributed by atoms with Crippen LogP contribution in [-0.2, 0) is 14.3 Å². The smallest absolute Gasteiger partial charge is 0.305 e. The molecule has 1 saturated heterocycles. The molecule has 10 heteroatoms. The number of fused-ring (bicyclic) bond motifs is 1. The van der Waals surface area contributed by atoms with Crippen molar-refractivity contribution in [2.45, 2.75) is 51.2 Å². The van der Waals surface area contributed by atoms with Crippen molar-refractivity contribution in [3.8, 4) is 5.75 Å². The number of thiazole rings is 1. The summed E-state index contributed by atoms with van der Waals surface area (Å²) in [5, 5.41) is 14.7. The zero-order chi connectivity index (χ0) is 25.5. The average Bonchev–Trinajstić information content (AvgIpc) is 3.24. The summed E-state index contributed by atoms with van der Waals surface area (Å²) in [6.07, 6.45) is 3.80. The predicted octanol–water partition coefficient (Wildman–Crippen LogP) is 2.20. The number of rotatable bonds is 10. The van der Waals surface area contributed by atoms with Gasteiger partial charge < -0.3 is 19.9 Å². The van der Waals surface area contributed by atoms with E-state index in [4.69, 9.17) is 9.47 Å². The van der Waals surface area contributed by atoms with Gasteiger partial charge in [0.05, 0.1) is 35.3 Å². The second-order valence-corrected chi connectivity index (χ2v) is 11.1. The highest BCUT2D eigenvalue weighted by Gasteiger charge is 2.29. The Morgan fingerprint density at radius 2 is 1.94 bits per heavy atom.